The van der Waals surface area contributed by atoms with E-state index >= 15 is 0 Å². The van der Waals surface area contributed by atoms with E-state index in [4.69, 9.17) is 21.5 Å². The van der Waals surface area contributed by atoms with Crippen LogP contribution in [-0.4, -0.2) is 12.1 Å². The molecule has 1 aliphatic heterocycles. The first-order chi connectivity index (χ1) is 10.0. The van der Waals surface area contributed by atoms with Crippen molar-refractivity contribution in [2.45, 2.75) is 13.3 Å². The lowest BCUT2D eigenvalue weighted by Crippen LogP contribution is -2.13. The second-order valence-corrected chi connectivity index (χ2v) is 4.05. The van der Waals surface area contributed by atoms with Crippen LogP contribution in [0.4, 0.5) is 0 Å². The van der Waals surface area contributed by atoms with Gasteiger partial charge in [0.2, 0.25) is 0 Å². The van der Waals surface area contributed by atoms with Gasteiger partial charge in [0, 0.05) is 18.8 Å². The van der Waals surface area contributed by atoms with Crippen LogP contribution < -0.4 is 5.73 Å². The summed E-state index contributed by atoms with van der Waals surface area (Å²) in [6, 6.07) is 5.29. The molecule has 0 saturated carbocycles. The Hall–Kier alpha value is -3.43. The topological polar surface area (TPSA) is 127 Å². The smallest absolute Gasteiger partial charge is 0.259 e. The third-order valence-corrected chi connectivity index (χ3v) is 2.80. The number of rotatable bonds is 3. The van der Waals surface area contributed by atoms with E-state index in [0.717, 1.165) is 5.57 Å². The molecular weight excluding hydrogens is 266 g/mol. The van der Waals surface area contributed by atoms with E-state index in [1.165, 1.54) is 6.08 Å². The second-order valence-electron chi connectivity index (χ2n) is 4.05. The van der Waals surface area contributed by atoms with Crippen molar-refractivity contribution < 1.29 is 4.79 Å². The van der Waals surface area contributed by atoms with E-state index in [0.29, 0.717) is 17.6 Å². The molecule has 6 nitrogen and oxygen atoms in total. The molecule has 1 aliphatic rings. The van der Waals surface area contributed by atoms with Gasteiger partial charge < -0.3 is 5.73 Å². The first-order valence-corrected chi connectivity index (χ1v) is 5.89. The maximum atomic E-state index is 11.2. The van der Waals surface area contributed by atoms with Crippen LogP contribution in [0, 0.1) is 34.0 Å². The highest BCUT2D eigenvalue weighted by molar-refractivity contribution is 5.96. The minimum atomic E-state index is -0.868. The summed E-state index contributed by atoms with van der Waals surface area (Å²) < 4.78 is 0. The second kappa shape index (κ2) is 7.23. The van der Waals surface area contributed by atoms with E-state index in [1.54, 1.807) is 43.6 Å². The Morgan fingerprint density at radius 2 is 2.00 bits per heavy atom. The van der Waals surface area contributed by atoms with Crippen LogP contribution in [-0.2, 0) is 4.79 Å². The fraction of sp³-hybridized carbons (Fsp3) is 0.133. The van der Waals surface area contributed by atoms with Crippen molar-refractivity contribution in [3.63, 3.8) is 0 Å². The first-order valence-electron chi connectivity index (χ1n) is 5.89. The van der Waals surface area contributed by atoms with Gasteiger partial charge in [-0.3, -0.25) is 9.79 Å². The molecule has 0 aliphatic carbocycles. The summed E-state index contributed by atoms with van der Waals surface area (Å²) in [5.74, 6) is -0.868. The number of carbonyl (C=O) groups excluding carboxylic acids is 1. The Kier molecular flexibility index (Phi) is 5.38. The summed E-state index contributed by atoms with van der Waals surface area (Å²) in [6.07, 6.45) is 6.64. The summed E-state index contributed by atoms with van der Waals surface area (Å²) in [7, 11) is 0. The van der Waals surface area contributed by atoms with Crippen LogP contribution in [0.25, 0.3) is 0 Å². The molecule has 1 amide bonds. The molecule has 0 atom stereocenters. The summed E-state index contributed by atoms with van der Waals surface area (Å²) >= 11 is 0. The Morgan fingerprint density at radius 1 is 1.33 bits per heavy atom. The van der Waals surface area contributed by atoms with Crippen LogP contribution in [0.2, 0.25) is 0 Å². The molecule has 0 bridgehead atoms. The molecule has 0 fully saturated rings. The van der Waals surface area contributed by atoms with Crippen LogP contribution in [0.15, 0.2) is 51.2 Å². The fourth-order valence-electron chi connectivity index (χ4n) is 1.68. The van der Waals surface area contributed by atoms with Crippen LogP contribution in [0.3, 0.4) is 0 Å². The molecule has 0 aromatic heterocycles. The summed E-state index contributed by atoms with van der Waals surface area (Å²) in [6.45, 7) is 1.58. The van der Waals surface area contributed by atoms with E-state index < -0.39 is 5.91 Å². The summed E-state index contributed by atoms with van der Waals surface area (Å²) in [5.41, 5.74) is 6.35. The highest BCUT2D eigenvalue weighted by atomic mass is 16.1. The van der Waals surface area contributed by atoms with Gasteiger partial charge in [-0.1, -0.05) is 0 Å². The van der Waals surface area contributed by atoms with Gasteiger partial charge in [0.15, 0.2) is 0 Å². The van der Waals surface area contributed by atoms with Crippen molar-refractivity contribution in [1.82, 2.24) is 0 Å². The standard InChI is InChI=1S/C15H11N5O/c1-10(13(8-17)9-18)14(6-12(7-16)15(19)21)11-2-4-20-5-3-11/h2,4-6H,3H2,1H3,(H2,19,21). The quantitative estimate of drug-likeness (QED) is 0.620. The number of aliphatic imine (C=N–C) groups is 1. The van der Waals surface area contributed by atoms with Crippen molar-refractivity contribution in [3.8, 4) is 18.2 Å². The van der Waals surface area contributed by atoms with E-state index in [2.05, 4.69) is 4.99 Å². The third kappa shape index (κ3) is 3.76. The molecule has 21 heavy (non-hydrogen) atoms. The van der Waals surface area contributed by atoms with Gasteiger partial charge in [-0.15, -0.1) is 0 Å². The van der Waals surface area contributed by atoms with Crippen LogP contribution in [0.5, 0.6) is 0 Å². The number of nitrogens with two attached hydrogens (primary N) is 1. The Morgan fingerprint density at radius 3 is 2.43 bits per heavy atom. The van der Waals surface area contributed by atoms with Gasteiger partial charge in [-0.05, 0) is 35.8 Å². The third-order valence-electron chi connectivity index (χ3n) is 2.80. The van der Waals surface area contributed by atoms with Gasteiger partial charge >= 0.3 is 0 Å². The molecule has 0 spiro atoms. The molecule has 102 valence electrons. The molecule has 0 unspecified atom stereocenters. The lowest BCUT2D eigenvalue weighted by molar-refractivity contribution is -0.114. The Labute approximate surface area is 122 Å². The van der Waals surface area contributed by atoms with Crippen molar-refractivity contribution in [2.24, 2.45) is 10.7 Å². The van der Waals surface area contributed by atoms with E-state index in [1.807, 2.05) is 0 Å². The minimum absolute atomic E-state index is 0.0913. The molecule has 1 heterocycles. The zero-order valence-electron chi connectivity index (χ0n) is 11.3. The zero-order chi connectivity index (χ0) is 15.8. The van der Waals surface area contributed by atoms with Crippen LogP contribution >= 0.6 is 0 Å². The maximum absolute atomic E-state index is 11.2. The van der Waals surface area contributed by atoms with Gasteiger partial charge in [-0.2, -0.15) is 15.8 Å². The van der Waals surface area contributed by atoms with Crippen molar-refractivity contribution in [3.05, 3.63) is 46.2 Å². The first kappa shape index (κ1) is 15.6. The number of nitrogens with zero attached hydrogens (tertiary/aromatic N) is 4. The largest absolute Gasteiger partial charge is 0.365 e. The SMILES string of the molecule is CC(=C(C#N)C#N)C(C=C(C#N)C(N)=O)=C1C=CN=CC1. The van der Waals surface area contributed by atoms with Gasteiger partial charge in [0.1, 0.15) is 29.4 Å². The Balaban J connectivity index is 3.60. The lowest BCUT2D eigenvalue weighted by Gasteiger charge is -2.11. The van der Waals surface area contributed by atoms with Gasteiger partial charge in [0.05, 0.1) is 0 Å². The van der Waals surface area contributed by atoms with E-state index in [9.17, 15) is 4.79 Å². The highest BCUT2D eigenvalue weighted by Gasteiger charge is 2.13. The molecule has 0 radical (unpaired) electrons. The van der Waals surface area contributed by atoms with Crippen molar-refractivity contribution in [2.75, 3.05) is 0 Å². The van der Waals surface area contributed by atoms with Crippen molar-refractivity contribution in [1.29, 1.82) is 15.8 Å². The molecule has 2 N–H and O–H groups in total. The highest BCUT2D eigenvalue weighted by Crippen LogP contribution is 2.24. The number of nitriles is 3. The fourth-order valence-corrected chi connectivity index (χ4v) is 1.68. The summed E-state index contributed by atoms with van der Waals surface area (Å²) in [5, 5.41) is 26.9. The number of hydrogen-bond donors (Lipinski definition) is 1. The average molecular weight is 277 g/mol. The molecule has 0 saturated heterocycles. The Bertz CT molecular complexity index is 726. The van der Waals surface area contributed by atoms with E-state index in [-0.39, 0.29) is 11.1 Å². The maximum Gasteiger partial charge on any atom is 0.259 e. The molecule has 0 aromatic carbocycles. The predicted molar refractivity (Wildman–Crippen MR) is 76.1 cm³/mol. The lowest BCUT2D eigenvalue weighted by atomic mass is 9.93. The number of hydrogen-bond acceptors (Lipinski definition) is 5. The van der Waals surface area contributed by atoms with Gasteiger partial charge in [-0.25, -0.2) is 0 Å². The molecule has 0 aromatic rings. The number of allylic oxidation sites excluding steroid dienone is 6. The monoisotopic (exact) mass is 277 g/mol. The minimum Gasteiger partial charge on any atom is -0.365 e. The van der Waals surface area contributed by atoms with Crippen molar-refractivity contribution >= 4 is 12.1 Å². The normalized spacial score (nSPS) is 15.4. The molecule has 6 heteroatoms. The molecule has 1 rings (SSSR count). The average Bonchev–Trinajstić information content (AvgIpc) is 2.50. The summed E-state index contributed by atoms with van der Waals surface area (Å²) in [4.78, 5) is 15.1. The molecular formula is C15H11N5O. The number of carbonyl (C=O) groups is 1. The zero-order valence-corrected chi connectivity index (χ0v) is 11.3. The predicted octanol–water partition coefficient (Wildman–Crippen LogP) is 1.57. The van der Waals surface area contributed by atoms with Crippen LogP contribution in [0.1, 0.15) is 13.3 Å². The number of primary amides is 1. The van der Waals surface area contributed by atoms with Gasteiger partial charge in [0.25, 0.3) is 5.91 Å². The number of amides is 1.